The molecule has 0 fully saturated rings. The molecule has 4 nitrogen and oxygen atoms in total. The number of fused-ring (bicyclic) bond motifs is 1. The molecule has 0 saturated heterocycles. The van der Waals surface area contributed by atoms with Crippen molar-refractivity contribution in [2.75, 3.05) is 6.61 Å². The van der Waals surface area contributed by atoms with Crippen LogP contribution in [0.2, 0.25) is 0 Å². The molecule has 0 bridgehead atoms. The van der Waals surface area contributed by atoms with E-state index in [0.717, 1.165) is 47.1 Å². The average Bonchev–Trinajstić information content (AvgIpc) is 3.25. The molecule has 170 valence electrons. The van der Waals surface area contributed by atoms with Crippen LogP contribution in [0, 0.1) is 5.41 Å². The number of ether oxygens (including phenoxy) is 1. The lowest BCUT2D eigenvalue weighted by atomic mass is 9.84. The van der Waals surface area contributed by atoms with Crippen molar-refractivity contribution in [1.82, 2.24) is 15.0 Å². The Labute approximate surface area is 200 Å². The Morgan fingerprint density at radius 1 is 0.970 bits per heavy atom. The molecule has 4 aromatic rings. The van der Waals surface area contributed by atoms with E-state index in [9.17, 15) is 0 Å². The Morgan fingerprint density at radius 3 is 2.48 bits per heavy atom. The second-order valence-corrected chi connectivity index (χ2v) is 9.90. The summed E-state index contributed by atoms with van der Waals surface area (Å²) in [5, 5.41) is 3.42. The maximum absolute atomic E-state index is 5.83. The van der Waals surface area contributed by atoms with Gasteiger partial charge in [-0.3, -0.25) is 0 Å². The fraction of sp³-hybridized carbons (Fsp3) is 0.321. The first-order valence-electron chi connectivity index (χ1n) is 11.6. The van der Waals surface area contributed by atoms with Gasteiger partial charge in [0.15, 0.2) is 0 Å². The molecule has 0 radical (unpaired) electrons. The molecule has 0 aliphatic carbocycles. The van der Waals surface area contributed by atoms with Gasteiger partial charge in [-0.15, -0.1) is 11.3 Å². The molecule has 0 aliphatic heterocycles. The number of hydrogen-bond acceptors (Lipinski definition) is 5. The molecule has 5 heteroatoms. The lowest BCUT2D eigenvalue weighted by Crippen LogP contribution is -2.14. The number of nitrogens with zero attached hydrogens (tertiary/aromatic N) is 3. The summed E-state index contributed by atoms with van der Waals surface area (Å²) in [4.78, 5) is 14.3. The minimum absolute atomic E-state index is 0.152. The highest BCUT2D eigenvalue weighted by Crippen LogP contribution is 2.31. The summed E-state index contributed by atoms with van der Waals surface area (Å²) < 4.78 is 5.83. The second-order valence-electron chi connectivity index (χ2n) is 8.96. The predicted octanol–water partition coefficient (Wildman–Crippen LogP) is 7.39. The van der Waals surface area contributed by atoms with Crippen molar-refractivity contribution in [3.63, 3.8) is 0 Å². The summed E-state index contributed by atoms with van der Waals surface area (Å²) in [5.74, 6) is 0.577. The first kappa shape index (κ1) is 23.1. The molecule has 0 amide bonds. The molecule has 33 heavy (non-hydrogen) atoms. The molecule has 2 aromatic heterocycles. The summed E-state index contributed by atoms with van der Waals surface area (Å²) in [6.45, 7) is 9.28. The molecule has 2 aromatic carbocycles. The minimum atomic E-state index is 0.152. The Bertz CT molecular complexity index is 1260. The van der Waals surface area contributed by atoms with Crippen LogP contribution in [0.3, 0.4) is 0 Å². The fourth-order valence-electron chi connectivity index (χ4n) is 3.87. The van der Waals surface area contributed by atoms with Crippen LogP contribution in [0.1, 0.15) is 50.4 Å². The van der Waals surface area contributed by atoms with Gasteiger partial charge in [-0.25, -0.2) is 15.0 Å². The third-order valence-electron chi connectivity index (χ3n) is 5.52. The van der Waals surface area contributed by atoms with Crippen molar-refractivity contribution in [2.24, 2.45) is 5.41 Å². The van der Waals surface area contributed by atoms with Gasteiger partial charge in [-0.2, -0.15) is 0 Å². The molecule has 0 aliphatic rings. The molecule has 0 unspecified atom stereocenters. The third-order valence-corrected chi connectivity index (χ3v) is 6.56. The van der Waals surface area contributed by atoms with Gasteiger partial charge in [0, 0.05) is 10.9 Å². The van der Waals surface area contributed by atoms with Gasteiger partial charge in [0.25, 0.3) is 0 Å². The third kappa shape index (κ3) is 5.85. The maximum atomic E-state index is 5.83. The molecular formula is C28H31N3OS. The van der Waals surface area contributed by atoms with Gasteiger partial charge in [-0.1, -0.05) is 63.3 Å². The first-order valence-corrected chi connectivity index (χ1v) is 12.4. The number of allylic oxidation sites excluding steroid dienone is 1. The number of para-hydroxylation sites is 2. The zero-order chi connectivity index (χ0) is 23.3. The van der Waals surface area contributed by atoms with Crippen LogP contribution in [0.15, 0.2) is 60.0 Å². The second kappa shape index (κ2) is 10.3. The van der Waals surface area contributed by atoms with Gasteiger partial charge in [0.2, 0.25) is 5.88 Å². The van der Waals surface area contributed by atoms with Crippen LogP contribution in [0.5, 0.6) is 5.88 Å². The van der Waals surface area contributed by atoms with Crippen molar-refractivity contribution in [2.45, 2.75) is 47.0 Å². The van der Waals surface area contributed by atoms with Crippen LogP contribution in [-0.2, 0) is 12.8 Å². The zero-order valence-electron chi connectivity index (χ0n) is 19.8. The largest absolute Gasteiger partial charge is 0.476 e. The zero-order valence-corrected chi connectivity index (χ0v) is 20.7. The quantitative estimate of drug-likeness (QED) is 0.263. The molecule has 0 spiro atoms. The molecular weight excluding hydrogens is 426 g/mol. The van der Waals surface area contributed by atoms with Crippen LogP contribution in [-0.4, -0.2) is 21.6 Å². The highest BCUT2D eigenvalue weighted by atomic mass is 32.1. The van der Waals surface area contributed by atoms with Gasteiger partial charge < -0.3 is 4.74 Å². The number of aromatic nitrogens is 3. The number of rotatable bonds is 9. The van der Waals surface area contributed by atoms with E-state index in [1.54, 1.807) is 11.3 Å². The molecule has 2 heterocycles. The van der Waals surface area contributed by atoms with Gasteiger partial charge in [0.05, 0.1) is 28.3 Å². The van der Waals surface area contributed by atoms with Gasteiger partial charge >= 0.3 is 0 Å². The van der Waals surface area contributed by atoms with Crippen LogP contribution in [0.25, 0.3) is 28.4 Å². The topological polar surface area (TPSA) is 47.9 Å². The van der Waals surface area contributed by atoms with E-state index in [4.69, 9.17) is 19.7 Å². The Kier molecular flexibility index (Phi) is 7.19. The average molecular weight is 458 g/mol. The van der Waals surface area contributed by atoms with Crippen molar-refractivity contribution in [3.8, 4) is 17.1 Å². The minimum Gasteiger partial charge on any atom is -0.476 e. The van der Waals surface area contributed by atoms with E-state index in [1.165, 1.54) is 10.7 Å². The monoisotopic (exact) mass is 457 g/mol. The molecule has 4 rings (SSSR count). The van der Waals surface area contributed by atoms with Gasteiger partial charge in [0.1, 0.15) is 5.69 Å². The summed E-state index contributed by atoms with van der Waals surface area (Å²) >= 11 is 1.77. The van der Waals surface area contributed by atoms with E-state index >= 15 is 0 Å². The van der Waals surface area contributed by atoms with Crippen molar-refractivity contribution in [1.29, 1.82) is 0 Å². The normalized spacial score (nSPS) is 12.0. The van der Waals surface area contributed by atoms with E-state index in [0.29, 0.717) is 12.5 Å². The smallest absolute Gasteiger partial charge is 0.241 e. The highest BCUT2D eigenvalue weighted by molar-refractivity contribution is 7.09. The summed E-state index contributed by atoms with van der Waals surface area (Å²) in [6.07, 6.45) is 7.43. The lowest BCUT2D eigenvalue weighted by molar-refractivity contribution is 0.328. The Hall–Kier alpha value is -3.05. The van der Waals surface area contributed by atoms with Crippen LogP contribution < -0.4 is 4.74 Å². The molecule has 0 N–H and O–H groups in total. The summed E-state index contributed by atoms with van der Waals surface area (Å²) in [7, 11) is 0. The Balaban J connectivity index is 1.53. The summed E-state index contributed by atoms with van der Waals surface area (Å²) in [6, 6.07) is 16.3. The number of thiazole rings is 1. The SMILES string of the molecule is CCOc1nc2ccccc2nc1-c1cccc(/C=C/CC(C)(C)Cc2csc(CC)n2)c1. The predicted molar refractivity (Wildman–Crippen MR) is 139 cm³/mol. The highest BCUT2D eigenvalue weighted by Gasteiger charge is 2.18. The van der Waals surface area contributed by atoms with E-state index in [1.807, 2.05) is 31.2 Å². The van der Waals surface area contributed by atoms with Gasteiger partial charge in [-0.05, 0) is 55.4 Å². The van der Waals surface area contributed by atoms with Crippen molar-refractivity contribution in [3.05, 3.63) is 76.3 Å². The first-order chi connectivity index (χ1) is 16.0. The number of aryl methyl sites for hydroxylation is 1. The van der Waals surface area contributed by atoms with Crippen molar-refractivity contribution >= 4 is 28.4 Å². The van der Waals surface area contributed by atoms with E-state index in [2.05, 4.69) is 62.6 Å². The van der Waals surface area contributed by atoms with E-state index in [-0.39, 0.29) is 5.41 Å². The lowest BCUT2D eigenvalue weighted by Gasteiger charge is -2.21. The van der Waals surface area contributed by atoms with Crippen LogP contribution >= 0.6 is 11.3 Å². The van der Waals surface area contributed by atoms with Crippen LogP contribution in [0.4, 0.5) is 0 Å². The molecule has 0 atom stereocenters. The maximum Gasteiger partial charge on any atom is 0.241 e. The fourth-order valence-corrected chi connectivity index (χ4v) is 4.61. The van der Waals surface area contributed by atoms with E-state index < -0.39 is 0 Å². The standard InChI is InChI=1S/C28H31N3OS/c1-5-25-29-22(19-33-25)18-28(3,4)16-10-12-20-11-9-13-21(17-20)26-27(32-6-2)31-24-15-8-7-14-23(24)30-26/h7-15,17,19H,5-6,16,18H2,1-4H3/b12-10+. The Morgan fingerprint density at radius 2 is 1.76 bits per heavy atom. The number of benzene rings is 2. The van der Waals surface area contributed by atoms with Crippen molar-refractivity contribution < 1.29 is 4.74 Å². The summed E-state index contributed by atoms with van der Waals surface area (Å²) in [5.41, 5.74) is 5.99. The number of hydrogen-bond donors (Lipinski definition) is 0. The molecule has 0 saturated carbocycles.